The fourth-order valence-electron chi connectivity index (χ4n) is 3.38. The summed E-state index contributed by atoms with van der Waals surface area (Å²) in [4.78, 5) is 0. The fraction of sp³-hybridized carbons (Fsp3) is 0.778. The molecule has 0 spiro atoms. The SMILES string of the molecule is CCCCCC=CC(C=CCCCCCCC)=CCCCCCCCCC. The van der Waals surface area contributed by atoms with E-state index in [-0.39, 0.29) is 0 Å². The number of allylic oxidation sites excluding steroid dienone is 6. The molecule has 158 valence electrons. The Bertz CT molecular complexity index is 358. The second kappa shape index (κ2) is 23.3. The van der Waals surface area contributed by atoms with Crippen molar-refractivity contribution < 1.29 is 0 Å². The molecule has 0 aliphatic carbocycles. The van der Waals surface area contributed by atoms with E-state index in [4.69, 9.17) is 0 Å². The Morgan fingerprint density at radius 2 is 0.815 bits per heavy atom. The predicted molar refractivity (Wildman–Crippen MR) is 126 cm³/mol. The highest BCUT2D eigenvalue weighted by Crippen LogP contribution is 2.12. The minimum absolute atomic E-state index is 1.23. The molecule has 0 amide bonds. The van der Waals surface area contributed by atoms with Gasteiger partial charge in [0.25, 0.3) is 0 Å². The molecule has 0 unspecified atom stereocenters. The molecular formula is C27H50. The van der Waals surface area contributed by atoms with E-state index in [0.717, 1.165) is 0 Å². The molecule has 0 aromatic heterocycles. The first-order valence-electron chi connectivity index (χ1n) is 12.4. The molecule has 0 saturated carbocycles. The van der Waals surface area contributed by atoms with Crippen LogP contribution in [-0.2, 0) is 0 Å². The van der Waals surface area contributed by atoms with Crippen molar-refractivity contribution in [2.45, 2.75) is 136 Å². The van der Waals surface area contributed by atoms with Gasteiger partial charge in [0.05, 0.1) is 0 Å². The van der Waals surface area contributed by atoms with Gasteiger partial charge >= 0.3 is 0 Å². The molecule has 0 atom stereocenters. The van der Waals surface area contributed by atoms with Crippen molar-refractivity contribution in [2.24, 2.45) is 0 Å². The molecule has 27 heavy (non-hydrogen) atoms. The second-order valence-corrected chi connectivity index (χ2v) is 8.12. The van der Waals surface area contributed by atoms with Gasteiger partial charge in [0.1, 0.15) is 0 Å². The summed E-state index contributed by atoms with van der Waals surface area (Å²) >= 11 is 0. The number of rotatable bonds is 20. The first kappa shape index (κ1) is 26.2. The Kier molecular flexibility index (Phi) is 22.6. The predicted octanol–water partition coefficient (Wildman–Crippen LogP) is 10.1. The average molecular weight is 375 g/mol. The smallest absolute Gasteiger partial charge is 0.0303 e. The quantitative estimate of drug-likeness (QED) is 0.147. The van der Waals surface area contributed by atoms with Crippen molar-refractivity contribution in [3.05, 3.63) is 36.0 Å². The topological polar surface area (TPSA) is 0 Å². The summed E-state index contributed by atoms with van der Waals surface area (Å²) in [6.45, 7) is 6.86. The van der Waals surface area contributed by atoms with Crippen molar-refractivity contribution in [1.29, 1.82) is 0 Å². The second-order valence-electron chi connectivity index (χ2n) is 8.12. The van der Waals surface area contributed by atoms with E-state index in [1.807, 2.05) is 0 Å². The zero-order chi connectivity index (χ0) is 19.8. The first-order chi connectivity index (χ1) is 13.3. The molecule has 0 nitrogen and oxygen atoms in total. The third-order valence-electron chi connectivity index (χ3n) is 5.26. The molecule has 0 aliphatic rings. The molecule has 0 bridgehead atoms. The highest BCUT2D eigenvalue weighted by molar-refractivity contribution is 5.30. The van der Waals surface area contributed by atoms with Gasteiger partial charge in [-0.15, -0.1) is 0 Å². The third-order valence-corrected chi connectivity index (χ3v) is 5.26. The van der Waals surface area contributed by atoms with E-state index >= 15 is 0 Å². The monoisotopic (exact) mass is 374 g/mol. The van der Waals surface area contributed by atoms with E-state index in [2.05, 4.69) is 51.2 Å². The molecule has 0 fully saturated rings. The lowest BCUT2D eigenvalue weighted by Crippen LogP contribution is -1.81. The van der Waals surface area contributed by atoms with Crippen LogP contribution in [-0.4, -0.2) is 0 Å². The van der Waals surface area contributed by atoms with Gasteiger partial charge in [0.15, 0.2) is 0 Å². The summed E-state index contributed by atoms with van der Waals surface area (Å²) in [5, 5.41) is 0. The van der Waals surface area contributed by atoms with E-state index < -0.39 is 0 Å². The average Bonchev–Trinajstić information content (AvgIpc) is 2.68. The van der Waals surface area contributed by atoms with Crippen LogP contribution in [0.4, 0.5) is 0 Å². The van der Waals surface area contributed by atoms with E-state index in [1.54, 1.807) is 0 Å². The van der Waals surface area contributed by atoms with Gasteiger partial charge in [-0.3, -0.25) is 0 Å². The normalized spacial score (nSPS) is 12.6. The number of hydrogen-bond acceptors (Lipinski definition) is 0. The summed E-state index contributed by atoms with van der Waals surface area (Å²) in [7, 11) is 0. The number of hydrogen-bond donors (Lipinski definition) is 0. The van der Waals surface area contributed by atoms with Gasteiger partial charge < -0.3 is 0 Å². The minimum atomic E-state index is 1.23. The molecule has 0 rings (SSSR count). The highest BCUT2D eigenvalue weighted by Gasteiger charge is 1.92. The van der Waals surface area contributed by atoms with Gasteiger partial charge in [-0.2, -0.15) is 0 Å². The fourth-order valence-corrected chi connectivity index (χ4v) is 3.38. The molecule has 0 saturated heterocycles. The Balaban J connectivity index is 4.13. The van der Waals surface area contributed by atoms with Crippen molar-refractivity contribution in [2.75, 3.05) is 0 Å². The highest BCUT2D eigenvalue weighted by atomic mass is 14.0. The van der Waals surface area contributed by atoms with Crippen LogP contribution in [0.15, 0.2) is 36.0 Å². The minimum Gasteiger partial charge on any atom is -0.0840 e. The Morgan fingerprint density at radius 3 is 1.33 bits per heavy atom. The van der Waals surface area contributed by atoms with Crippen LogP contribution >= 0.6 is 0 Å². The maximum absolute atomic E-state index is 2.47. The van der Waals surface area contributed by atoms with Crippen molar-refractivity contribution >= 4 is 0 Å². The van der Waals surface area contributed by atoms with Crippen LogP contribution in [0, 0.1) is 0 Å². The van der Waals surface area contributed by atoms with Gasteiger partial charge in [0.2, 0.25) is 0 Å². The van der Waals surface area contributed by atoms with Crippen LogP contribution in [0.3, 0.4) is 0 Å². The summed E-state index contributed by atoms with van der Waals surface area (Å²) in [5.41, 5.74) is 1.44. The zero-order valence-electron chi connectivity index (χ0n) is 19.1. The van der Waals surface area contributed by atoms with Crippen LogP contribution < -0.4 is 0 Å². The Hall–Kier alpha value is -0.780. The van der Waals surface area contributed by atoms with Gasteiger partial charge in [-0.05, 0) is 44.1 Å². The maximum atomic E-state index is 2.47. The summed E-state index contributed by atoms with van der Waals surface area (Å²) < 4.78 is 0. The summed E-state index contributed by atoms with van der Waals surface area (Å²) in [5.74, 6) is 0. The Labute approximate surface area is 172 Å². The van der Waals surface area contributed by atoms with Crippen LogP contribution in [0.2, 0.25) is 0 Å². The maximum Gasteiger partial charge on any atom is -0.0303 e. The third kappa shape index (κ3) is 21.4. The largest absolute Gasteiger partial charge is 0.0840 e. The van der Waals surface area contributed by atoms with E-state index in [0.29, 0.717) is 0 Å². The molecular weight excluding hydrogens is 324 g/mol. The molecule has 0 radical (unpaired) electrons. The van der Waals surface area contributed by atoms with Crippen LogP contribution in [0.1, 0.15) is 136 Å². The first-order valence-corrected chi connectivity index (χ1v) is 12.4. The zero-order valence-corrected chi connectivity index (χ0v) is 19.1. The molecule has 0 aromatic carbocycles. The Morgan fingerprint density at radius 1 is 0.444 bits per heavy atom. The van der Waals surface area contributed by atoms with Crippen LogP contribution in [0.25, 0.3) is 0 Å². The van der Waals surface area contributed by atoms with Crippen molar-refractivity contribution in [3.8, 4) is 0 Å². The lowest BCUT2D eigenvalue weighted by atomic mass is 10.1. The molecule has 0 heteroatoms. The van der Waals surface area contributed by atoms with E-state index in [1.165, 1.54) is 121 Å². The standard InChI is InChI=1S/C27H50/c1-4-7-10-13-15-17-20-23-26-27(24-21-18-12-9-6-3)25-22-19-16-14-11-8-5-2/h21-22,24-26H,4-20,23H2,1-3H3. The van der Waals surface area contributed by atoms with Gasteiger partial charge in [-0.25, -0.2) is 0 Å². The van der Waals surface area contributed by atoms with Gasteiger partial charge in [0, 0.05) is 0 Å². The number of unbranched alkanes of at least 4 members (excludes halogenated alkanes) is 15. The van der Waals surface area contributed by atoms with Crippen molar-refractivity contribution in [3.63, 3.8) is 0 Å². The summed E-state index contributed by atoms with van der Waals surface area (Å²) in [6.07, 6.45) is 36.4. The molecule has 0 aromatic rings. The molecule has 0 heterocycles. The van der Waals surface area contributed by atoms with E-state index in [9.17, 15) is 0 Å². The lowest BCUT2D eigenvalue weighted by molar-refractivity contribution is 0.592. The molecule has 0 N–H and O–H groups in total. The van der Waals surface area contributed by atoms with Gasteiger partial charge in [-0.1, -0.05) is 128 Å². The van der Waals surface area contributed by atoms with Crippen molar-refractivity contribution in [1.82, 2.24) is 0 Å². The summed E-state index contributed by atoms with van der Waals surface area (Å²) in [6, 6.07) is 0. The van der Waals surface area contributed by atoms with Crippen LogP contribution in [0.5, 0.6) is 0 Å². The lowest BCUT2D eigenvalue weighted by Gasteiger charge is -2.01. The molecule has 0 aliphatic heterocycles.